The van der Waals surface area contributed by atoms with Crippen molar-refractivity contribution in [3.8, 4) is 0 Å². The first-order chi connectivity index (χ1) is 17.4. The Morgan fingerprint density at radius 1 is 1.00 bits per heavy atom. The molecule has 0 unspecified atom stereocenters. The summed E-state index contributed by atoms with van der Waals surface area (Å²) in [4.78, 5) is 73.1. The van der Waals surface area contributed by atoms with E-state index in [9.17, 15) is 28.8 Å². The number of imide groups is 1. The van der Waals surface area contributed by atoms with E-state index in [0.29, 0.717) is 30.4 Å². The predicted octanol–water partition coefficient (Wildman–Crippen LogP) is 2.70. The normalized spacial score (nSPS) is 13.9. The third kappa shape index (κ3) is 10.4. The average Bonchev–Trinajstić information content (AvgIpc) is 3.14. The summed E-state index contributed by atoms with van der Waals surface area (Å²) in [7, 11) is 0. The number of nitrogens with one attached hydrogen (secondary N) is 2. The second-order valence-corrected chi connectivity index (χ2v) is 9.95. The molecule has 0 bridgehead atoms. The molecule has 4 amide bonds. The lowest BCUT2D eigenvalue weighted by Crippen LogP contribution is -2.32. The van der Waals surface area contributed by atoms with Crippen LogP contribution in [0.4, 0.5) is 4.79 Å². The Kier molecular flexibility index (Phi) is 10.7. The van der Waals surface area contributed by atoms with Crippen LogP contribution in [0.25, 0.3) is 0 Å². The van der Waals surface area contributed by atoms with Crippen LogP contribution in [-0.4, -0.2) is 59.0 Å². The molecule has 0 aliphatic carbocycles. The molecule has 200 valence electrons. The van der Waals surface area contributed by atoms with Crippen molar-refractivity contribution in [2.45, 2.75) is 65.5 Å². The van der Waals surface area contributed by atoms with Crippen molar-refractivity contribution < 1.29 is 33.5 Å². The number of unbranched alkanes of at least 4 members (excludes halogenated alkanes) is 1. The number of hydrogen-bond acceptors (Lipinski definition) is 7. The van der Waals surface area contributed by atoms with Gasteiger partial charge in [0.1, 0.15) is 11.4 Å². The minimum absolute atomic E-state index is 0.00140. The van der Waals surface area contributed by atoms with Crippen molar-refractivity contribution in [2.24, 2.45) is 5.92 Å². The van der Waals surface area contributed by atoms with Gasteiger partial charge in [0, 0.05) is 43.1 Å². The summed E-state index contributed by atoms with van der Waals surface area (Å²) in [5, 5.41) is 5.21. The van der Waals surface area contributed by atoms with E-state index in [1.165, 1.54) is 19.1 Å². The number of amides is 4. The molecule has 1 aromatic rings. The van der Waals surface area contributed by atoms with Gasteiger partial charge in [0.25, 0.3) is 17.7 Å². The number of ether oxygens (including phenoxy) is 1. The van der Waals surface area contributed by atoms with Gasteiger partial charge in [0.15, 0.2) is 5.78 Å². The van der Waals surface area contributed by atoms with Crippen LogP contribution in [0.2, 0.25) is 0 Å². The Morgan fingerprint density at radius 3 is 2.30 bits per heavy atom. The van der Waals surface area contributed by atoms with Crippen LogP contribution in [0.3, 0.4) is 0 Å². The van der Waals surface area contributed by atoms with E-state index in [4.69, 9.17) is 4.74 Å². The van der Waals surface area contributed by atoms with Gasteiger partial charge in [-0.1, -0.05) is 18.6 Å². The molecular weight excluding hydrogens is 478 g/mol. The molecule has 1 atom stereocenters. The van der Waals surface area contributed by atoms with Crippen molar-refractivity contribution in [3.05, 3.63) is 47.5 Å². The largest absolute Gasteiger partial charge is 0.444 e. The summed E-state index contributed by atoms with van der Waals surface area (Å²) in [6.45, 7) is 6.93. The zero-order valence-electron chi connectivity index (χ0n) is 21.8. The van der Waals surface area contributed by atoms with Crippen LogP contribution in [0.5, 0.6) is 0 Å². The summed E-state index contributed by atoms with van der Waals surface area (Å²) >= 11 is 0. The van der Waals surface area contributed by atoms with E-state index in [-0.39, 0.29) is 49.4 Å². The summed E-state index contributed by atoms with van der Waals surface area (Å²) in [5.41, 5.74) is 0.404. The van der Waals surface area contributed by atoms with Crippen molar-refractivity contribution in [2.75, 3.05) is 13.1 Å². The number of carbonyl (C=O) groups excluding carboxylic acids is 6. The maximum Gasteiger partial charge on any atom is 0.407 e. The third-order valence-corrected chi connectivity index (χ3v) is 5.60. The van der Waals surface area contributed by atoms with Crippen LogP contribution >= 0.6 is 0 Å². The van der Waals surface area contributed by atoms with Crippen molar-refractivity contribution in [1.29, 1.82) is 0 Å². The van der Waals surface area contributed by atoms with E-state index in [1.54, 1.807) is 45.0 Å². The Bertz CT molecular complexity index is 1050. The van der Waals surface area contributed by atoms with Crippen molar-refractivity contribution in [3.63, 3.8) is 0 Å². The average molecular weight is 514 g/mol. The zero-order valence-corrected chi connectivity index (χ0v) is 21.8. The van der Waals surface area contributed by atoms with Crippen LogP contribution in [0.15, 0.2) is 36.4 Å². The molecule has 1 aromatic carbocycles. The fraction of sp³-hybridized carbons (Fsp3) is 0.481. The zero-order chi connectivity index (χ0) is 27.6. The number of alkyl carbamates (subject to hydrolysis) is 1. The molecule has 0 radical (unpaired) electrons. The van der Waals surface area contributed by atoms with E-state index in [1.807, 2.05) is 0 Å². The van der Waals surface area contributed by atoms with Crippen molar-refractivity contribution >= 4 is 35.4 Å². The standard InChI is InChI=1S/C27H35N3O7/c1-18(31)20(9-5-6-13-30-23(33)11-12-24(30)34)15-22(32)17-28-25(35)21-10-7-8-19(14-21)16-29-26(36)37-27(2,3)4/h7-8,10-12,14,20H,5-6,9,13,15-17H2,1-4H3,(H,28,35)(H,29,36)/t20-/m1/s1. The summed E-state index contributed by atoms with van der Waals surface area (Å²) in [6.07, 6.45) is 3.45. The number of ketones is 2. The molecule has 0 spiro atoms. The fourth-order valence-electron chi connectivity index (χ4n) is 3.70. The molecule has 37 heavy (non-hydrogen) atoms. The highest BCUT2D eigenvalue weighted by Crippen LogP contribution is 2.16. The topological polar surface area (TPSA) is 139 Å². The summed E-state index contributed by atoms with van der Waals surface area (Å²) in [5.74, 6) is -2.02. The molecule has 2 rings (SSSR count). The molecular formula is C27H35N3O7. The van der Waals surface area contributed by atoms with Gasteiger partial charge in [-0.15, -0.1) is 0 Å². The maximum absolute atomic E-state index is 12.5. The Morgan fingerprint density at radius 2 is 1.68 bits per heavy atom. The van der Waals surface area contributed by atoms with Gasteiger partial charge in [-0.2, -0.15) is 0 Å². The summed E-state index contributed by atoms with van der Waals surface area (Å²) < 4.78 is 5.19. The minimum atomic E-state index is -0.619. The first-order valence-corrected chi connectivity index (χ1v) is 12.3. The van der Waals surface area contributed by atoms with E-state index in [0.717, 1.165) is 4.90 Å². The van der Waals surface area contributed by atoms with Gasteiger partial charge >= 0.3 is 6.09 Å². The third-order valence-electron chi connectivity index (χ3n) is 5.60. The highest BCUT2D eigenvalue weighted by molar-refractivity contribution is 6.12. The second-order valence-electron chi connectivity index (χ2n) is 9.95. The van der Waals surface area contributed by atoms with Gasteiger partial charge < -0.3 is 15.4 Å². The number of carbonyl (C=O) groups is 6. The lowest BCUT2D eigenvalue weighted by Gasteiger charge is -2.19. The summed E-state index contributed by atoms with van der Waals surface area (Å²) in [6, 6.07) is 6.64. The van der Waals surface area contributed by atoms with Crippen molar-refractivity contribution in [1.82, 2.24) is 15.5 Å². The molecule has 2 N–H and O–H groups in total. The molecule has 0 aromatic heterocycles. The first-order valence-electron chi connectivity index (χ1n) is 12.3. The lowest BCUT2D eigenvalue weighted by atomic mass is 9.92. The van der Waals surface area contributed by atoms with Gasteiger partial charge in [0.2, 0.25) is 0 Å². The molecule has 1 aliphatic heterocycles. The molecule has 0 fully saturated rings. The van der Waals surface area contributed by atoms with Gasteiger partial charge in [-0.3, -0.25) is 28.9 Å². The van der Waals surface area contributed by atoms with Crippen LogP contribution in [-0.2, 0) is 30.5 Å². The maximum atomic E-state index is 12.5. The van der Waals surface area contributed by atoms with E-state index in [2.05, 4.69) is 10.6 Å². The monoisotopic (exact) mass is 513 g/mol. The SMILES string of the molecule is CC(=O)[C@H](CCCCN1C(=O)C=CC1=O)CC(=O)CNC(=O)c1cccc(CNC(=O)OC(C)(C)C)c1. The molecule has 1 heterocycles. The molecule has 0 saturated carbocycles. The quantitative estimate of drug-likeness (QED) is 0.305. The lowest BCUT2D eigenvalue weighted by molar-refractivity contribution is -0.137. The Balaban J connectivity index is 1.77. The predicted molar refractivity (Wildman–Crippen MR) is 135 cm³/mol. The number of rotatable bonds is 13. The number of nitrogens with zero attached hydrogens (tertiary/aromatic N) is 1. The van der Waals surface area contributed by atoms with E-state index >= 15 is 0 Å². The Hall–Kier alpha value is -3.82. The number of benzene rings is 1. The molecule has 10 nitrogen and oxygen atoms in total. The molecule has 1 aliphatic rings. The molecule has 0 saturated heterocycles. The first kappa shape index (κ1) is 29.4. The van der Waals surface area contributed by atoms with Crippen LogP contribution in [0.1, 0.15) is 69.3 Å². The van der Waals surface area contributed by atoms with Gasteiger partial charge in [0.05, 0.1) is 6.54 Å². The Labute approximate surface area is 216 Å². The molecule has 10 heteroatoms. The van der Waals surface area contributed by atoms with Gasteiger partial charge in [-0.05, 0) is 58.2 Å². The fourth-order valence-corrected chi connectivity index (χ4v) is 3.70. The minimum Gasteiger partial charge on any atom is -0.444 e. The number of hydrogen-bond donors (Lipinski definition) is 2. The van der Waals surface area contributed by atoms with Gasteiger partial charge in [-0.25, -0.2) is 4.79 Å². The smallest absolute Gasteiger partial charge is 0.407 e. The number of Topliss-reactive ketones (excluding diaryl/α,β-unsaturated/α-hetero) is 2. The van der Waals surface area contributed by atoms with Crippen LogP contribution < -0.4 is 10.6 Å². The van der Waals surface area contributed by atoms with Crippen LogP contribution in [0, 0.1) is 5.92 Å². The van der Waals surface area contributed by atoms with E-state index < -0.39 is 23.5 Å². The highest BCUT2D eigenvalue weighted by atomic mass is 16.6. The second kappa shape index (κ2) is 13.5. The highest BCUT2D eigenvalue weighted by Gasteiger charge is 2.23.